The Hall–Kier alpha value is -2.50. The molecule has 5 heteroatoms. The van der Waals surface area contributed by atoms with Gasteiger partial charge in [-0.1, -0.05) is 18.2 Å². The largest absolute Gasteiger partial charge is 0.396 e. The number of benzene rings is 1. The van der Waals surface area contributed by atoms with Gasteiger partial charge in [0.2, 0.25) is 0 Å². The molecule has 0 spiro atoms. The van der Waals surface area contributed by atoms with Gasteiger partial charge in [-0.3, -0.25) is 4.98 Å². The van der Waals surface area contributed by atoms with E-state index in [-0.39, 0.29) is 12.5 Å². The van der Waals surface area contributed by atoms with Crippen LogP contribution in [-0.4, -0.2) is 33.0 Å². The fourth-order valence-corrected chi connectivity index (χ4v) is 2.62. The first-order valence-electron chi connectivity index (χ1n) is 8.15. The Morgan fingerprint density at radius 2 is 1.92 bits per heavy atom. The predicted molar refractivity (Wildman–Crippen MR) is 93.8 cm³/mol. The summed E-state index contributed by atoms with van der Waals surface area (Å²) in [7, 11) is 0. The fraction of sp³-hybridized carbons (Fsp3) is 0.263. The summed E-state index contributed by atoms with van der Waals surface area (Å²) < 4.78 is 1.84. The molecule has 0 radical (unpaired) electrons. The summed E-state index contributed by atoms with van der Waals surface area (Å²) in [5.41, 5.74) is 3.27. The second kappa shape index (κ2) is 8.38. The third-order valence-corrected chi connectivity index (χ3v) is 3.95. The van der Waals surface area contributed by atoms with E-state index in [1.165, 1.54) is 5.56 Å². The van der Waals surface area contributed by atoms with Crippen LogP contribution in [0, 0.1) is 5.92 Å². The maximum atomic E-state index is 9.55. The zero-order valence-electron chi connectivity index (χ0n) is 13.5. The average molecular weight is 322 g/mol. The SMILES string of the molecule is OCC(CNCc1ccc(-n2cccn2)cc1)Cc1ccccn1. The van der Waals surface area contributed by atoms with Crippen molar-refractivity contribution in [3.63, 3.8) is 0 Å². The molecule has 2 aromatic heterocycles. The number of nitrogens with one attached hydrogen (secondary N) is 1. The number of hydrogen-bond acceptors (Lipinski definition) is 4. The summed E-state index contributed by atoms with van der Waals surface area (Å²) in [5, 5.41) is 17.2. The minimum Gasteiger partial charge on any atom is -0.396 e. The second-order valence-corrected chi connectivity index (χ2v) is 5.82. The van der Waals surface area contributed by atoms with Crippen LogP contribution in [0.25, 0.3) is 5.69 Å². The highest BCUT2D eigenvalue weighted by Gasteiger charge is 2.09. The molecule has 0 bridgehead atoms. The first-order valence-corrected chi connectivity index (χ1v) is 8.15. The van der Waals surface area contributed by atoms with Gasteiger partial charge >= 0.3 is 0 Å². The standard InChI is InChI=1S/C19H22N4O/c24-15-17(12-18-4-1-2-9-21-18)14-20-13-16-5-7-19(8-6-16)23-11-3-10-22-23/h1-11,17,20,24H,12-15H2. The van der Waals surface area contributed by atoms with Gasteiger partial charge in [0.05, 0.1) is 5.69 Å². The van der Waals surface area contributed by atoms with Gasteiger partial charge in [-0.2, -0.15) is 5.10 Å². The normalized spacial score (nSPS) is 12.2. The lowest BCUT2D eigenvalue weighted by atomic mass is 10.0. The summed E-state index contributed by atoms with van der Waals surface area (Å²) in [5.74, 6) is 0.170. The lowest BCUT2D eigenvalue weighted by Gasteiger charge is -2.15. The van der Waals surface area contributed by atoms with E-state index in [2.05, 4.69) is 39.7 Å². The molecule has 124 valence electrons. The summed E-state index contributed by atoms with van der Waals surface area (Å²) in [6.07, 6.45) is 6.27. The molecule has 24 heavy (non-hydrogen) atoms. The molecule has 3 rings (SSSR count). The van der Waals surface area contributed by atoms with Crippen molar-refractivity contribution in [3.8, 4) is 5.69 Å². The van der Waals surface area contributed by atoms with E-state index < -0.39 is 0 Å². The van der Waals surface area contributed by atoms with Crippen molar-refractivity contribution >= 4 is 0 Å². The minimum atomic E-state index is 0.155. The maximum Gasteiger partial charge on any atom is 0.0645 e. The molecule has 1 atom stereocenters. The van der Waals surface area contributed by atoms with Gasteiger partial charge in [0.15, 0.2) is 0 Å². The van der Waals surface area contributed by atoms with Crippen molar-refractivity contribution in [3.05, 3.63) is 78.4 Å². The number of aromatic nitrogens is 3. The first-order chi connectivity index (χ1) is 11.8. The Labute approximate surface area is 142 Å². The van der Waals surface area contributed by atoms with Crippen LogP contribution in [-0.2, 0) is 13.0 Å². The molecule has 1 aromatic carbocycles. The Kier molecular flexibility index (Phi) is 5.71. The molecule has 1 unspecified atom stereocenters. The van der Waals surface area contributed by atoms with Crippen molar-refractivity contribution in [2.24, 2.45) is 5.92 Å². The van der Waals surface area contributed by atoms with E-state index in [0.717, 1.165) is 30.9 Å². The minimum absolute atomic E-state index is 0.155. The zero-order chi connectivity index (χ0) is 16.6. The topological polar surface area (TPSA) is 63.0 Å². The third kappa shape index (κ3) is 4.50. The quantitative estimate of drug-likeness (QED) is 0.667. The van der Waals surface area contributed by atoms with E-state index in [9.17, 15) is 5.11 Å². The van der Waals surface area contributed by atoms with Crippen LogP contribution in [0.15, 0.2) is 67.1 Å². The molecule has 0 aliphatic heterocycles. The summed E-state index contributed by atoms with van der Waals surface area (Å²) in [6, 6.07) is 16.1. The molecule has 0 fully saturated rings. The van der Waals surface area contributed by atoms with Gasteiger partial charge in [0.1, 0.15) is 0 Å². The molecule has 0 saturated carbocycles. The molecule has 3 aromatic rings. The third-order valence-electron chi connectivity index (χ3n) is 3.95. The van der Waals surface area contributed by atoms with E-state index in [4.69, 9.17) is 0 Å². The Morgan fingerprint density at radius 1 is 1.04 bits per heavy atom. The Bertz CT molecular complexity index is 711. The fourth-order valence-electron chi connectivity index (χ4n) is 2.62. The van der Waals surface area contributed by atoms with Crippen LogP contribution in [0.2, 0.25) is 0 Å². The smallest absolute Gasteiger partial charge is 0.0645 e. The number of nitrogens with zero attached hydrogens (tertiary/aromatic N) is 3. The average Bonchev–Trinajstić information content (AvgIpc) is 3.17. The monoisotopic (exact) mass is 322 g/mol. The number of pyridine rings is 1. The molecule has 2 N–H and O–H groups in total. The highest BCUT2D eigenvalue weighted by Crippen LogP contribution is 2.09. The molecule has 0 saturated heterocycles. The summed E-state index contributed by atoms with van der Waals surface area (Å²) in [6.45, 7) is 1.69. The molecule has 5 nitrogen and oxygen atoms in total. The molecular weight excluding hydrogens is 300 g/mol. The van der Waals surface area contributed by atoms with Gasteiger partial charge < -0.3 is 10.4 Å². The van der Waals surface area contributed by atoms with Crippen molar-refractivity contribution in [1.82, 2.24) is 20.1 Å². The summed E-state index contributed by atoms with van der Waals surface area (Å²) in [4.78, 5) is 4.32. The Balaban J connectivity index is 1.48. The molecule has 0 aliphatic carbocycles. The zero-order valence-corrected chi connectivity index (χ0v) is 13.5. The van der Waals surface area contributed by atoms with Gasteiger partial charge in [0, 0.05) is 44.0 Å². The van der Waals surface area contributed by atoms with Crippen molar-refractivity contribution < 1.29 is 5.11 Å². The van der Waals surface area contributed by atoms with Crippen molar-refractivity contribution in [2.45, 2.75) is 13.0 Å². The van der Waals surface area contributed by atoms with Crippen molar-refractivity contribution in [1.29, 1.82) is 0 Å². The van der Waals surface area contributed by atoms with E-state index in [1.807, 2.05) is 35.1 Å². The second-order valence-electron chi connectivity index (χ2n) is 5.82. The van der Waals surface area contributed by atoms with Gasteiger partial charge in [-0.25, -0.2) is 4.68 Å². The van der Waals surface area contributed by atoms with Crippen LogP contribution in [0.1, 0.15) is 11.3 Å². The molecular formula is C19H22N4O. The van der Waals surface area contributed by atoms with Crippen LogP contribution in [0.5, 0.6) is 0 Å². The van der Waals surface area contributed by atoms with Gasteiger partial charge in [-0.15, -0.1) is 0 Å². The number of hydrogen-bond donors (Lipinski definition) is 2. The Morgan fingerprint density at radius 3 is 2.58 bits per heavy atom. The highest BCUT2D eigenvalue weighted by molar-refractivity contribution is 5.33. The number of aliphatic hydroxyl groups is 1. The lowest BCUT2D eigenvalue weighted by molar-refractivity contribution is 0.220. The van der Waals surface area contributed by atoms with E-state index >= 15 is 0 Å². The predicted octanol–water partition coefficient (Wildman–Crippen LogP) is 2.21. The maximum absolute atomic E-state index is 9.55. The highest BCUT2D eigenvalue weighted by atomic mass is 16.3. The number of rotatable bonds is 8. The molecule has 2 heterocycles. The molecule has 0 aliphatic rings. The molecule has 0 amide bonds. The van der Waals surface area contributed by atoms with E-state index in [1.54, 1.807) is 12.4 Å². The lowest BCUT2D eigenvalue weighted by Crippen LogP contribution is -2.26. The first kappa shape index (κ1) is 16.4. The number of aliphatic hydroxyl groups excluding tert-OH is 1. The van der Waals surface area contributed by atoms with Crippen molar-refractivity contribution in [2.75, 3.05) is 13.2 Å². The van der Waals surface area contributed by atoms with E-state index in [0.29, 0.717) is 0 Å². The van der Waals surface area contributed by atoms with Crippen LogP contribution < -0.4 is 5.32 Å². The van der Waals surface area contributed by atoms with Gasteiger partial charge in [-0.05, 0) is 48.2 Å². The van der Waals surface area contributed by atoms with Crippen LogP contribution in [0.3, 0.4) is 0 Å². The summed E-state index contributed by atoms with van der Waals surface area (Å²) >= 11 is 0. The van der Waals surface area contributed by atoms with Gasteiger partial charge in [0.25, 0.3) is 0 Å². The van der Waals surface area contributed by atoms with Crippen LogP contribution in [0.4, 0.5) is 0 Å². The van der Waals surface area contributed by atoms with Crippen LogP contribution >= 0.6 is 0 Å².